The minimum atomic E-state index is -3.29. The molecule has 2 aromatic rings. The molecule has 4 rings (SSSR count). The number of sulfonamides is 1. The molecule has 5 nitrogen and oxygen atoms in total. The number of likely N-dealkylation sites (tertiary alicyclic amines) is 1. The molecule has 27 heavy (non-hydrogen) atoms. The molecule has 1 fully saturated rings. The number of fused-ring (bicyclic) bond motifs is 1. The summed E-state index contributed by atoms with van der Waals surface area (Å²) in [6.07, 6.45) is 2.32. The number of piperidine rings is 1. The SMILES string of the molecule is O=S(=O)(NCc1ccccc1)C1CCN(Cc2cccc3c2OCC3)CC1. The summed E-state index contributed by atoms with van der Waals surface area (Å²) in [4.78, 5) is 2.33. The molecule has 1 N–H and O–H groups in total. The molecule has 0 aromatic heterocycles. The van der Waals surface area contributed by atoms with Crippen molar-refractivity contribution in [3.63, 3.8) is 0 Å². The molecule has 0 spiro atoms. The van der Waals surface area contributed by atoms with Crippen LogP contribution in [0.4, 0.5) is 0 Å². The predicted molar refractivity (Wildman–Crippen MR) is 106 cm³/mol. The maximum absolute atomic E-state index is 12.6. The molecular weight excluding hydrogens is 360 g/mol. The van der Waals surface area contributed by atoms with Gasteiger partial charge in [-0.05, 0) is 37.1 Å². The van der Waals surface area contributed by atoms with E-state index in [2.05, 4.69) is 27.8 Å². The Labute approximate surface area is 161 Å². The van der Waals surface area contributed by atoms with Crippen LogP contribution in [0.5, 0.6) is 5.75 Å². The van der Waals surface area contributed by atoms with Gasteiger partial charge >= 0.3 is 0 Å². The van der Waals surface area contributed by atoms with Crippen LogP contribution in [-0.4, -0.2) is 38.3 Å². The molecule has 2 aliphatic rings. The van der Waals surface area contributed by atoms with Crippen molar-refractivity contribution in [1.82, 2.24) is 9.62 Å². The highest BCUT2D eigenvalue weighted by atomic mass is 32.2. The van der Waals surface area contributed by atoms with E-state index in [4.69, 9.17) is 4.74 Å². The molecule has 0 aliphatic carbocycles. The summed E-state index contributed by atoms with van der Waals surface area (Å²) in [7, 11) is -3.29. The molecular formula is C21H26N2O3S. The van der Waals surface area contributed by atoms with Crippen LogP contribution in [0.2, 0.25) is 0 Å². The largest absolute Gasteiger partial charge is 0.493 e. The van der Waals surface area contributed by atoms with E-state index in [-0.39, 0.29) is 5.25 Å². The average Bonchev–Trinajstić information content (AvgIpc) is 3.18. The summed E-state index contributed by atoms with van der Waals surface area (Å²) in [5, 5.41) is -0.310. The molecule has 0 saturated carbocycles. The zero-order valence-corrected chi connectivity index (χ0v) is 16.2. The zero-order chi connectivity index (χ0) is 18.7. The van der Waals surface area contributed by atoms with Crippen LogP contribution in [0.15, 0.2) is 48.5 Å². The molecule has 0 radical (unpaired) electrons. The van der Waals surface area contributed by atoms with Crippen molar-refractivity contribution in [2.45, 2.75) is 37.6 Å². The Kier molecular flexibility index (Phi) is 5.48. The third-order valence-electron chi connectivity index (χ3n) is 5.48. The van der Waals surface area contributed by atoms with Crippen molar-refractivity contribution >= 4 is 10.0 Å². The number of nitrogens with zero attached hydrogens (tertiary/aromatic N) is 1. The lowest BCUT2D eigenvalue weighted by atomic mass is 10.1. The van der Waals surface area contributed by atoms with Crippen LogP contribution in [0, 0.1) is 0 Å². The number of nitrogens with one attached hydrogen (secondary N) is 1. The first-order chi connectivity index (χ1) is 13.1. The standard InChI is InChI=1S/C21H26N2O3S/c24-27(25,22-15-17-5-2-1-3-6-17)20-9-12-23(13-10-20)16-19-8-4-7-18-11-14-26-21(18)19/h1-8,20,22H,9-16H2. The normalized spacial score (nSPS) is 18.2. The van der Waals surface area contributed by atoms with E-state index in [1.54, 1.807) is 0 Å². The number of para-hydroxylation sites is 1. The summed E-state index contributed by atoms with van der Waals surface area (Å²) < 4.78 is 33.8. The molecule has 0 unspecified atom stereocenters. The van der Waals surface area contributed by atoms with Crippen LogP contribution in [0.1, 0.15) is 29.5 Å². The van der Waals surface area contributed by atoms with Crippen LogP contribution in [0.25, 0.3) is 0 Å². The monoisotopic (exact) mass is 386 g/mol. The number of rotatable bonds is 6. The molecule has 144 valence electrons. The summed E-state index contributed by atoms with van der Waals surface area (Å²) >= 11 is 0. The molecule has 6 heteroatoms. The van der Waals surface area contributed by atoms with Crippen LogP contribution in [-0.2, 0) is 29.5 Å². The van der Waals surface area contributed by atoms with Crippen LogP contribution in [0.3, 0.4) is 0 Å². The predicted octanol–water partition coefficient (Wildman–Crippen LogP) is 2.71. The van der Waals surface area contributed by atoms with E-state index in [9.17, 15) is 8.42 Å². The Morgan fingerprint density at radius 1 is 1.04 bits per heavy atom. The first-order valence-electron chi connectivity index (χ1n) is 9.60. The fourth-order valence-electron chi connectivity index (χ4n) is 3.92. The smallest absolute Gasteiger partial charge is 0.214 e. The van der Waals surface area contributed by atoms with Gasteiger partial charge in [0.15, 0.2) is 0 Å². The Morgan fingerprint density at radius 3 is 2.59 bits per heavy atom. The van der Waals surface area contributed by atoms with E-state index in [1.165, 1.54) is 11.1 Å². The second-order valence-electron chi connectivity index (χ2n) is 7.33. The van der Waals surface area contributed by atoms with Crippen LogP contribution < -0.4 is 9.46 Å². The highest BCUT2D eigenvalue weighted by Crippen LogP contribution is 2.31. The van der Waals surface area contributed by atoms with Crippen molar-refractivity contribution in [3.8, 4) is 5.75 Å². The number of ether oxygens (including phenoxy) is 1. The molecule has 0 amide bonds. The zero-order valence-electron chi connectivity index (χ0n) is 15.4. The lowest BCUT2D eigenvalue weighted by Gasteiger charge is -2.32. The van der Waals surface area contributed by atoms with Crippen LogP contribution >= 0.6 is 0 Å². The molecule has 2 aromatic carbocycles. The quantitative estimate of drug-likeness (QED) is 0.829. The van der Waals surface area contributed by atoms with Gasteiger partial charge in [-0.2, -0.15) is 0 Å². The molecule has 0 bridgehead atoms. The average molecular weight is 387 g/mol. The van der Waals surface area contributed by atoms with E-state index < -0.39 is 10.0 Å². The summed E-state index contributed by atoms with van der Waals surface area (Å²) in [6, 6.07) is 16.0. The van der Waals surface area contributed by atoms with Gasteiger partial charge in [0.25, 0.3) is 0 Å². The molecule has 0 atom stereocenters. The van der Waals surface area contributed by atoms with Crippen molar-refractivity contribution in [2.75, 3.05) is 19.7 Å². The van der Waals surface area contributed by atoms with Gasteiger partial charge in [0.1, 0.15) is 5.75 Å². The Bertz CT molecular complexity index is 876. The summed E-state index contributed by atoms with van der Waals surface area (Å²) in [6.45, 7) is 3.53. The Balaban J connectivity index is 1.31. The second kappa shape index (κ2) is 8.00. The van der Waals surface area contributed by atoms with E-state index in [0.29, 0.717) is 19.4 Å². The van der Waals surface area contributed by atoms with E-state index in [1.807, 2.05) is 30.3 Å². The molecule has 2 aliphatic heterocycles. The van der Waals surface area contributed by atoms with Gasteiger partial charge in [-0.1, -0.05) is 48.5 Å². The van der Waals surface area contributed by atoms with Gasteiger partial charge in [0.2, 0.25) is 10.0 Å². The Hall–Kier alpha value is -1.89. The minimum absolute atomic E-state index is 0.310. The van der Waals surface area contributed by atoms with Gasteiger partial charge in [0.05, 0.1) is 11.9 Å². The van der Waals surface area contributed by atoms with Gasteiger partial charge in [-0.3, -0.25) is 4.90 Å². The topological polar surface area (TPSA) is 58.6 Å². The first kappa shape index (κ1) is 18.5. The Morgan fingerprint density at radius 2 is 1.81 bits per heavy atom. The third-order valence-corrected chi connectivity index (χ3v) is 7.38. The van der Waals surface area contributed by atoms with Gasteiger partial charge in [-0.25, -0.2) is 13.1 Å². The summed E-state index contributed by atoms with van der Waals surface area (Å²) in [5.74, 6) is 1.04. The fraction of sp³-hybridized carbons (Fsp3) is 0.429. The van der Waals surface area contributed by atoms with Gasteiger partial charge < -0.3 is 4.74 Å². The lowest BCUT2D eigenvalue weighted by Crippen LogP contribution is -2.43. The van der Waals surface area contributed by atoms with Gasteiger partial charge in [-0.15, -0.1) is 0 Å². The second-order valence-corrected chi connectivity index (χ2v) is 9.38. The van der Waals surface area contributed by atoms with Crippen molar-refractivity contribution in [2.24, 2.45) is 0 Å². The van der Waals surface area contributed by atoms with Crippen molar-refractivity contribution < 1.29 is 13.2 Å². The highest BCUT2D eigenvalue weighted by molar-refractivity contribution is 7.90. The maximum Gasteiger partial charge on any atom is 0.214 e. The summed E-state index contributed by atoms with van der Waals surface area (Å²) in [5.41, 5.74) is 3.49. The van der Waals surface area contributed by atoms with Crippen molar-refractivity contribution in [3.05, 3.63) is 65.2 Å². The number of hydrogen-bond acceptors (Lipinski definition) is 4. The van der Waals surface area contributed by atoms with E-state index >= 15 is 0 Å². The number of hydrogen-bond donors (Lipinski definition) is 1. The minimum Gasteiger partial charge on any atom is -0.493 e. The van der Waals surface area contributed by atoms with Gasteiger partial charge in [0, 0.05) is 25.1 Å². The maximum atomic E-state index is 12.6. The molecule has 2 heterocycles. The van der Waals surface area contributed by atoms with E-state index in [0.717, 1.165) is 44.0 Å². The number of benzene rings is 2. The lowest BCUT2D eigenvalue weighted by molar-refractivity contribution is 0.218. The third kappa shape index (κ3) is 4.34. The first-order valence-corrected chi connectivity index (χ1v) is 11.1. The highest BCUT2D eigenvalue weighted by Gasteiger charge is 2.30. The fourth-order valence-corrected chi connectivity index (χ4v) is 5.36. The van der Waals surface area contributed by atoms with Crippen molar-refractivity contribution in [1.29, 1.82) is 0 Å². The molecule has 1 saturated heterocycles.